The molecule has 4 rings (SSSR count). The molecule has 0 bridgehead atoms. The summed E-state index contributed by atoms with van der Waals surface area (Å²) in [7, 11) is 0. The fourth-order valence-electron chi connectivity index (χ4n) is 4.57. The highest BCUT2D eigenvalue weighted by atomic mass is 32.1. The van der Waals surface area contributed by atoms with Crippen molar-refractivity contribution in [1.29, 1.82) is 5.26 Å². The van der Waals surface area contributed by atoms with E-state index in [0.29, 0.717) is 49.8 Å². The third kappa shape index (κ3) is 7.22. The van der Waals surface area contributed by atoms with Crippen molar-refractivity contribution in [3.8, 4) is 6.07 Å². The summed E-state index contributed by atoms with van der Waals surface area (Å²) in [5.41, 5.74) is -1.02. The summed E-state index contributed by atoms with van der Waals surface area (Å²) in [5.74, 6) is 0. The fraction of sp³-hybridized carbons (Fsp3) is 0.609. The Hall–Kier alpha value is -2.28. The van der Waals surface area contributed by atoms with E-state index in [0.717, 1.165) is 31.7 Å². The molecule has 1 aliphatic carbocycles. The van der Waals surface area contributed by atoms with Gasteiger partial charge in [-0.25, -0.2) is 0 Å². The second-order valence-electron chi connectivity index (χ2n) is 9.21. The van der Waals surface area contributed by atoms with E-state index in [1.807, 2.05) is 0 Å². The van der Waals surface area contributed by atoms with E-state index in [1.54, 1.807) is 11.0 Å². The zero-order chi connectivity index (χ0) is 27.5. The first-order valence-corrected chi connectivity index (χ1v) is 13.3. The summed E-state index contributed by atoms with van der Waals surface area (Å²) < 4.78 is 84.0. The number of piperazine rings is 1. The minimum absolute atomic E-state index is 0.00181. The number of halogens is 6. The number of anilines is 2. The van der Waals surface area contributed by atoms with Gasteiger partial charge in [0.15, 0.2) is 0 Å². The number of alkyl halides is 6. The normalized spacial score (nSPS) is 22.2. The molecule has 1 aromatic carbocycles. The summed E-state index contributed by atoms with van der Waals surface area (Å²) in [6, 6.07) is 5.23. The van der Waals surface area contributed by atoms with Gasteiger partial charge in [0, 0.05) is 37.9 Å². The van der Waals surface area contributed by atoms with E-state index in [9.17, 15) is 26.3 Å². The molecule has 1 atom stereocenters. The summed E-state index contributed by atoms with van der Waals surface area (Å²) in [5, 5.41) is 18.1. The third-order valence-corrected chi connectivity index (χ3v) is 8.14. The van der Waals surface area contributed by atoms with Crippen LogP contribution < -0.4 is 10.2 Å². The van der Waals surface area contributed by atoms with Gasteiger partial charge in [-0.05, 0) is 43.9 Å². The van der Waals surface area contributed by atoms with Crippen molar-refractivity contribution in [3.63, 3.8) is 0 Å². The van der Waals surface area contributed by atoms with Gasteiger partial charge in [0.25, 0.3) is 0 Å². The molecule has 208 valence electrons. The van der Waals surface area contributed by atoms with Crippen LogP contribution in [0.1, 0.15) is 41.8 Å². The first-order valence-electron chi connectivity index (χ1n) is 12.0. The molecule has 2 aromatic rings. The number of rotatable bonds is 7. The molecule has 1 saturated carbocycles. The number of nitriles is 1. The van der Waals surface area contributed by atoms with E-state index in [1.165, 1.54) is 12.1 Å². The van der Waals surface area contributed by atoms with Gasteiger partial charge in [-0.3, -0.25) is 4.90 Å². The molecule has 0 spiro atoms. The first-order chi connectivity index (χ1) is 17.9. The largest absolute Gasteiger partial charge is 0.445 e. The molecule has 7 nitrogen and oxygen atoms in total. The zero-order valence-corrected chi connectivity index (χ0v) is 21.8. The van der Waals surface area contributed by atoms with Gasteiger partial charge in [0.1, 0.15) is 0 Å². The predicted molar refractivity (Wildman–Crippen MR) is 133 cm³/mol. The number of aromatic nitrogens is 2. The smallest absolute Gasteiger partial charge is 0.382 e. The van der Waals surface area contributed by atoms with Crippen LogP contribution in [0.15, 0.2) is 18.2 Å². The van der Waals surface area contributed by atoms with Crippen LogP contribution in [0.3, 0.4) is 0 Å². The Kier molecular flexibility index (Phi) is 8.96. The van der Waals surface area contributed by atoms with Crippen LogP contribution in [0.4, 0.5) is 37.2 Å². The summed E-state index contributed by atoms with van der Waals surface area (Å²) in [4.78, 5) is 3.88. The minimum Gasteiger partial charge on any atom is -0.382 e. The van der Waals surface area contributed by atoms with Crippen LogP contribution >= 0.6 is 24.0 Å². The molecular formula is C23H26F6N6OS2. The Labute approximate surface area is 225 Å². The average molecular weight is 581 g/mol. The number of thiol groups is 1. The van der Waals surface area contributed by atoms with Crippen molar-refractivity contribution in [3.05, 3.63) is 34.3 Å². The standard InChI is InChI=1S/C23H26F6N6OS2/c24-22(25,26)18-11-16(2-1-14(18)12-30)31-15-3-5-17(6-4-15)36-13-19(37)34-7-9-35(10-8-34)21-33-32-20(38-21)23(27,28)29/h1-2,11,15,17,19,31,37H,3-10,13H2. The highest BCUT2D eigenvalue weighted by molar-refractivity contribution is 7.80. The molecule has 1 N–H and O–H groups in total. The van der Waals surface area contributed by atoms with Crippen molar-refractivity contribution in [2.24, 2.45) is 0 Å². The van der Waals surface area contributed by atoms with E-state index in [4.69, 9.17) is 10.00 Å². The Balaban J connectivity index is 1.18. The van der Waals surface area contributed by atoms with E-state index in [-0.39, 0.29) is 22.7 Å². The highest BCUT2D eigenvalue weighted by Gasteiger charge is 2.37. The first kappa shape index (κ1) is 28.7. The van der Waals surface area contributed by atoms with E-state index in [2.05, 4.69) is 33.0 Å². The molecule has 15 heteroatoms. The maximum absolute atomic E-state index is 13.2. The molecule has 2 fully saturated rings. The van der Waals surface area contributed by atoms with Crippen LogP contribution in [0.25, 0.3) is 0 Å². The van der Waals surface area contributed by atoms with Gasteiger partial charge in [-0.15, -0.1) is 10.2 Å². The highest BCUT2D eigenvalue weighted by Crippen LogP contribution is 2.36. The van der Waals surface area contributed by atoms with Crippen LogP contribution in [0.5, 0.6) is 0 Å². The zero-order valence-electron chi connectivity index (χ0n) is 20.1. The van der Waals surface area contributed by atoms with Crippen molar-refractivity contribution in [1.82, 2.24) is 15.1 Å². The van der Waals surface area contributed by atoms with Crippen LogP contribution in [-0.4, -0.2) is 65.4 Å². The van der Waals surface area contributed by atoms with E-state index < -0.39 is 28.5 Å². The molecule has 2 heterocycles. The van der Waals surface area contributed by atoms with Crippen LogP contribution in [-0.2, 0) is 17.1 Å². The Morgan fingerprint density at radius 3 is 2.32 bits per heavy atom. The number of nitrogens with zero attached hydrogens (tertiary/aromatic N) is 5. The van der Waals surface area contributed by atoms with Crippen LogP contribution in [0.2, 0.25) is 0 Å². The minimum atomic E-state index is -4.60. The number of hydrogen-bond donors (Lipinski definition) is 2. The number of hydrogen-bond acceptors (Lipinski definition) is 9. The lowest BCUT2D eigenvalue weighted by molar-refractivity contribution is -0.138. The number of nitrogens with one attached hydrogen (secondary N) is 1. The average Bonchev–Trinajstić information content (AvgIpc) is 3.39. The monoisotopic (exact) mass is 580 g/mol. The summed E-state index contributed by atoms with van der Waals surface area (Å²) in [6.45, 7) is 2.59. The number of benzene rings is 1. The van der Waals surface area contributed by atoms with Gasteiger partial charge in [0.2, 0.25) is 10.1 Å². The Morgan fingerprint density at radius 1 is 1.05 bits per heavy atom. The van der Waals surface area contributed by atoms with Crippen molar-refractivity contribution >= 4 is 34.8 Å². The second kappa shape index (κ2) is 11.8. The predicted octanol–water partition coefficient (Wildman–Crippen LogP) is 5.27. The van der Waals surface area contributed by atoms with Crippen molar-refractivity contribution < 1.29 is 31.1 Å². The second-order valence-corrected chi connectivity index (χ2v) is 10.8. The lowest BCUT2D eigenvalue weighted by Crippen LogP contribution is -2.50. The molecular weight excluding hydrogens is 554 g/mol. The molecule has 38 heavy (non-hydrogen) atoms. The molecule has 1 aliphatic heterocycles. The molecule has 1 saturated heterocycles. The molecule has 1 aromatic heterocycles. The maximum atomic E-state index is 13.2. The lowest BCUT2D eigenvalue weighted by Gasteiger charge is -2.38. The van der Waals surface area contributed by atoms with Gasteiger partial charge < -0.3 is 15.0 Å². The lowest BCUT2D eigenvalue weighted by atomic mass is 9.92. The maximum Gasteiger partial charge on any atom is 0.445 e. The van der Waals surface area contributed by atoms with Crippen molar-refractivity contribution in [2.75, 3.05) is 43.0 Å². The topological polar surface area (TPSA) is 77.3 Å². The Morgan fingerprint density at radius 2 is 1.74 bits per heavy atom. The summed E-state index contributed by atoms with van der Waals surface area (Å²) >= 11 is 5.18. The van der Waals surface area contributed by atoms with Gasteiger partial charge in [-0.2, -0.15) is 44.2 Å². The molecule has 2 aliphatic rings. The molecule has 0 amide bonds. The van der Waals surface area contributed by atoms with Gasteiger partial charge in [-0.1, -0.05) is 11.3 Å². The van der Waals surface area contributed by atoms with Crippen LogP contribution in [0, 0.1) is 11.3 Å². The van der Waals surface area contributed by atoms with Crippen molar-refractivity contribution in [2.45, 2.75) is 55.6 Å². The molecule has 1 unspecified atom stereocenters. The fourth-order valence-corrected chi connectivity index (χ4v) is 5.65. The van der Waals surface area contributed by atoms with Gasteiger partial charge >= 0.3 is 12.4 Å². The summed E-state index contributed by atoms with van der Waals surface area (Å²) in [6.07, 6.45) is -6.15. The molecule has 0 radical (unpaired) electrons. The van der Waals surface area contributed by atoms with Gasteiger partial charge in [0.05, 0.1) is 35.3 Å². The van der Waals surface area contributed by atoms with E-state index >= 15 is 0 Å². The number of ether oxygens (including phenoxy) is 1. The quantitative estimate of drug-likeness (QED) is 0.342. The SMILES string of the molecule is N#Cc1ccc(NC2CCC(OCC(S)N3CCN(c4nnc(C(F)(F)F)s4)CC3)CC2)cc1C(F)(F)F. The Bertz CT molecular complexity index is 1120. The third-order valence-electron chi connectivity index (χ3n) is 6.63.